The first-order valence-corrected chi connectivity index (χ1v) is 18.8. The minimum absolute atomic E-state index is 0.923. The number of hydrogen-bond acceptors (Lipinski definition) is 2. The lowest BCUT2D eigenvalue weighted by atomic mass is 10.0. The van der Waals surface area contributed by atoms with Gasteiger partial charge in [0.1, 0.15) is 0 Å². The predicted molar refractivity (Wildman–Crippen MR) is 221 cm³/mol. The highest BCUT2D eigenvalue weighted by molar-refractivity contribution is 6.04. The molecule has 7 aromatic carbocycles. The maximum atomic E-state index is 5.59. The van der Waals surface area contributed by atoms with Crippen LogP contribution in [0.4, 0.5) is 11.4 Å². The van der Waals surface area contributed by atoms with Crippen LogP contribution in [0.3, 0.4) is 0 Å². The largest absolute Gasteiger partial charge is 0.340 e. The summed E-state index contributed by atoms with van der Waals surface area (Å²) in [7, 11) is 0. The Morgan fingerprint density at radius 1 is 0.385 bits per heavy atom. The van der Waals surface area contributed by atoms with Crippen LogP contribution in [0.5, 0.6) is 0 Å². The second-order valence-corrected chi connectivity index (χ2v) is 13.8. The predicted octanol–water partition coefficient (Wildman–Crippen LogP) is 12.3. The van der Waals surface area contributed by atoms with Gasteiger partial charge in [-0.15, -0.1) is 0 Å². The van der Waals surface area contributed by atoms with Crippen LogP contribution in [0, 0.1) is 0 Å². The molecule has 0 saturated carbocycles. The summed E-state index contributed by atoms with van der Waals surface area (Å²) >= 11 is 0. The standard InChI is InChI=1S/C48H42N4/c1-3-5-29-51-43-27-13-11-23-37(43)47(49-41-25-15-19-33-17-7-9-21-35(33)41)39-32-46-40(31-45(39)51)48(38-24-12-14-28-44(38)52(46)30-6-4-2)50-42-26-16-20-34-18-8-10-22-36(34)42/h7-28,31-32H,3-6,29-30H2,1-2H3. The Kier molecular flexibility index (Phi) is 8.36. The average Bonchev–Trinajstić information content (AvgIpc) is 3.20. The van der Waals surface area contributed by atoms with Crippen LogP contribution >= 0.6 is 0 Å². The number of pyridine rings is 2. The number of unbranched alkanes of at least 4 members (excludes halogenated alkanes) is 2. The molecule has 2 heterocycles. The van der Waals surface area contributed by atoms with Crippen molar-refractivity contribution in [2.24, 2.45) is 9.98 Å². The van der Waals surface area contributed by atoms with Crippen molar-refractivity contribution in [3.8, 4) is 0 Å². The van der Waals surface area contributed by atoms with E-state index in [1.54, 1.807) is 0 Å². The van der Waals surface area contributed by atoms with E-state index in [0.29, 0.717) is 0 Å². The lowest BCUT2D eigenvalue weighted by molar-refractivity contribution is 0.660. The van der Waals surface area contributed by atoms with Gasteiger partial charge in [-0.25, -0.2) is 9.98 Å². The lowest BCUT2D eigenvalue weighted by Crippen LogP contribution is -2.17. The van der Waals surface area contributed by atoms with Gasteiger partial charge in [0.25, 0.3) is 0 Å². The van der Waals surface area contributed by atoms with Gasteiger partial charge in [-0.05, 0) is 60.0 Å². The van der Waals surface area contributed by atoms with Gasteiger partial charge in [0.2, 0.25) is 0 Å². The van der Waals surface area contributed by atoms with Gasteiger partial charge in [0.05, 0.1) is 44.2 Å². The SMILES string of the molecule is CCCCn1c2ccccc2c(=Nc2cccc3ccccc23)c2cc3c(cc21)c(=Nc1cccc2ccccc12)c1ccccc1n3CCCC. The normalized spacial score (nSPS) is 12.7. The topological polar surface area (TPSA) is 34.6 Å². The van der Waals surface area contributed by atoms with Gasteiger partial charge in [0.15, 0.2) is 0 Å². The molecular weight excluding hydrogens is 633 g/mol. The molecule has 0 aliphatic carbocycles. The first-order chi connectivity index (χ1) is 25.7. The third kappa shape index (κ3) is 5.47. The Hall–Kier alpha value is -6.00. The highest BCUT2D eigenvalue weighted by Gasteiger charge is 2.16. The van der Waals surface area contributed by atoms with Crippen LogP contribution in [0.1, 0.15) is 39.5 Å². The van der Waals surface area contributed by atoms with Crippen molar-refractivity contribution in [2.75, 3.05) is 0 Å². The van der Waals surface area contributed by atoms with E-state index in [4.69, 9.17) is 9.98 Å². The van der Waals surface area contributed by atoms with Crippen molar-refractivity contribution in [1.29, 1.82) is 0 Å². The summed E-state index contributed by atoms with van der Waals surface area (Å²) in [6, 6.07) is 52.5. The summed E-state index contributed by atoms with van der Waals surface area (Å²) in [5, 5.41) is 11.4. The first kappa shape index (κ1) is 31.9. The van der Waals surface area contributed by atoms with E-state index < -0.39 is 0 Å². The molecule has 0 fully saturated rings. The zero-order valence-corrected chi connectivity index (χ0v) is 29.9. The second-order valence-electron chi connectivity index (χ2n) is 13.8. The van der Waals surface area contributed by atoms with Gasteiger partial charge in [0, 0.05) is 45.4 Å². The van der Waals surface area contributed by atoms with Crippen LogP contribution < -0.4 is 10.7 Å². The fourth-order valence-corrected chi connectivity index (χ4v) is 7.98. The molecule has 254 valence electrons. The van der Waals surface area contributed by atoms with Crippen molar-refractivity contribution < 1.29 is 0 Å². The van der Waals surface area contributed by atoms with E-state index in [2.05, 4.69) is 169 Å². The molecule has 4 nitrogen and oxygen atoms in total. The molecule has 0 spiro atoms. The maximum Gasteiger partial charge on any atom is 0.0824 e. The molecule has 4 heteroatoms. The Morgan fingerprint density at radius 3 is 1.21 bits per heavy atom. The number of fused-ring (bicyclic) bond motifs is 6. The third-order valence-corrected chi connectivity index (χ3v) is 10.6. The Bertz CT molecular complexity index is 2730. The number of para-hydroxylation sites is 2. The molecule has 0 saturated heterocycles. The van der Waals surface area contributed by atoms with Crippen molar-refractivity contribution in [2.45, 2.75) is 52.6 Å². The summed E-state index contributed by atoms with van der Waals surface area (Å²) in [5.74, 6) is 0. The third-order valence-electron chi connectivity index (χ3n) is 10.6. The number of nitrogens with zero attached hydrogens (tertiary/aromatic N) is 4. The molecule has 0 unspecified atom stereocenters. The van der Waals surface area contributed by atoms with Crippen LogP contribution in [0.25, 0.3) is 65.2 Å². The molecule has 52 heavy (non-hydrogen) atoms. The quantitative estimate of drug-likeness (QED) is 0.144. The minimum Gasteiger partial charge on any atom is -0.340 e. The first-order valence-electron chi connectivity index (χ1n) is 18.8. The van der Waals surface area contributed by atoms with Gasteiger partial charge in [-0.1, -0.05) is 136 Å². The monoisotopic (exact) mass is 674 g/mol. The second kappa shape index (κ2) is 13.6. The fraction of sp³-hybridized carbons (Fsp3) is 0.167. The minimum atomic E-state index is 0.923. The fourth-order valence-electron chi connectivity index (χ4n) is 7.98. The van der Waals surface area contributed by atoms with E-state index >= 15 is 0 Å². The number of aryl methyl sites for hydroxylation is 2. The molecule has 0 N–H and O–H groups in total. The molecule has 0 radical (unpaired) electrons. The smallest absolute Gasteiger partial charge is 0.0824 e. The van der Waals surface area contributed by atoms with Gasteiger partial charge >= 0.3 is 0 Å². The molecule has 0 bridgehead atoms. The zero-order chi connectivity index (χ0) is 35.0. The van der Waals surface area contributed by atoms with Gasteiger partial charge in [-0.2, -0.15) is 0 Å². The number of aromatic nitrogens is 2. The van der Waals surface area contributed by atoms with Crippen molar-refractivity contribution in [3.05, 3.63) is 156 Å². The van der Waals surface area contributed by atoms with Gasteiger partial charge < -0.3 is 9.13 Å². The van der Waals surface area contributed by atoms with Crippen molar-refractivity contribution in [1.82, 2.24) is 9.13 Å². The molecule has 9 aromatic rings. The van der Waals surface area contributed by atoms with Crippen LogP contribution in [0.2, 0.25) is 0 Å². The summed E-state index contributed by atoms with van der Waals surface area (Å²) in [6.45, 7) is 6.39. The molecule has 0 aliphatic heterocycles. The van der Waals surface area contributed by atoms with E-state index in [1.807, 2.05) is 0 Å². The summed E-state index contributed by atoms with van der Waals surface area (Å²) in [5.41, 5.74) is 6.75. The lowest BCUT2D eigenvalue weighted by Gasteiger charge is -2.20. The van der Waals surface area contributed by atoms with Crippen LogP contribution in [-0.4, -0.2) is 9.13 Å². The van der Waals surface area contributed by atoms with E-state index in [0.717, 1.165) is 82.4 Å². The Balaban J connectivity index is 1.50. The number of hydrogen-bond donors (Lipinski definition) is 0. The highest BCUT2D eigenvalue weighted by Crippen LogP contribution is 2.31. The molecule has 9 rings (SSSR count). The highest BCUT2D eigenvalue weighted by atomic mass is 15.0. The molecular formula is C48H42N4. The van der Waals surface area contributed by atoms with Crippen molar-refractivity contribution >= 4 is 76.5 Å². The van der Waals surface area contributed by atoms with E-state index in [9.17, 15) is 0 Å². The number of benzene rings is 7. The van der Waals surface area contributed by atoms with Crippen molar-refractivity contribution in [3.63, 3.8) is 0 Å². The Labute approximate surface area is 303 Å². The van der Waals surface area contributed by atoms with Crippen LogP contribution in [-0.2, 0) is 13.1 Å². The molecule has 2 aromatic heterocycles. The van der Waals surface area contributed by atoms with Gasteiger partial charge in [-0.3, -0.25) is 0 Å². The summed E-state index contributed by atoms with van der Waals surface area (Å²) < 4.78 is 5.06. The zero-order valence-electron chi connectivity index (χ0n) is 29.9. The Morgan fingerprint density at radius 2 is 0.769 bits per heavy atom. The van der Waals surface area contributed by atoms with E-state index in [1.165, 1.54) is 43.6 Å². The van der Waals surface area contributed by atoms with E-state index in [-0.39, 0.29) is 0 Å². The maximum absolute atomic E-state index is 5.59. The number of rotatable bonds is 8. The van der Waals surface area contributed by atoms with Crippen LogP contribution in [0.15, 0.2) is 156 Å². The molecule has 0 aliphatic rings. The molecule has 0 amide bonds. The summed E-state index contributed by atoms with van der Waals surface area (Å²) in [4.78, 5) is 11.2. The molecule has 0 atom stereocenters. The average molecular weight is 675 g/mol. The summed E-state index contributed by atoms with van der Waals surface area (Å²) in [6.07, 6.45) is 4.40.